The van der Waals surface area contributed by atoms with Crippen LogP contribution in [0.25, 0.3) is 11.0 Å². The number of aliphatic hydroxyl groups is 1. The summed E-state index contributed by atoms with van der Waals surface area (Å²) in [5.41, 5.74) is -2.08. The molecule has 2 fully saturated rings. The Labute approximate surface area is 160 Å². The highest BCUT2D eigenvalue weighted by atomic mass is 16.6. The number of ether oxygens (including phenoxy) is 4. The van der Waals surface area contributed by atoms with E-state index in [4.69, 9.17) is 23.4 Å². The minimum Gasteiger partial charge on any atom is -0.490 e. The molecule has 2 aliphatic rings. The smallest absolute Gasteiger partial charge is 0.338 e. The molecule has 28 heavy (non-hydrogen) atoms. The first-order valence-electron chi connectivity index (χ1n) is 9.07. The Balaban J connectivity index is 1.42. The van der Waals surface area contributed by atoms with Crippen LogP contribution < -0.4 is 15.1 Å². The van der Waals surface area contributed by atoms with Crippen molar-refractivity contribution in [2.24, 2.45) is 0 Å². The second-order valence-corrected chi connectivity index (χ2v) is 7.71. The molecule has 0 spiro atoms. The fraction of sp³-hybridized carbons (Fsp3) is 0.500. The van der Waals surface area contributed by atoms with Crippen LogP contribution >= 0.6 is 0 Å². The van der Waals surface area contributed by atoms with E-state index in [9.17, 15) is 14.7 Å². The molecular weight excluding hydrogens is 368 g/mol. The van der Waals surface area contributed by atoms with E-state index in [0.29, 0.717) is 23.5 Å². The molecule has 2 aromatic rings. The van der Waals surface area contributed by atoms with Crippen molar-refractivity contribution in [3.05, 3.63) is 34.7 Å². The normalized spacial score (nSPS) is 31.6. The molecule has 8 nitrogen and oxygen atoms in total. The third-order valence-corrected chi connectivity index (χ3v) is 5.31. The van der Waals surface area contributed by atoms with E-state index in [2.05, 4.69) is 0 Å². The molecule has 1 aromatic carbocycles. The molecule has 2 aliphatic heterocycles. The van der Waals surface area contributed by atoms with Crippen LogP contribution in [0.4, 0.5) is 0 Å². The highest BCUT2D eigenvalue weighted by Crippen LogP contribution is 2.44. The Morgan fingerprint density at radius 3 is 2.64 bits per heavy atom. The summed E-state index contributed by atoms with van der Waals surface area (Å²) in [5.74, 6) is 0.188. The van der Waals surface area contributed by atoms with Crippen LogP contribution in [0, 0.1) is 0 Å². The molecule has 1 aromatic heterocycles. The third-order valence-electron chi connectivity index (χ3n) is 5.31. The third kappa shape index (κ3) is 3.33. The molecule has 0 radical (unpaired) electrons. The van der Waals surface area contributed by atoms with E-state index >= 15 is 0 Å². The maximum absolute atomic E-state index is 11.6. The number of hydrogen-bond donors (Lipinski definition) is 1. The van der Waals surface area contributed by atoms with E-state index in [0.717, 1.165) is 5.39 Å². The first-order chi connectivity index (χ1) is 13.2. The van der Waals surface area contributed by atoms with Crippen molar-refractivity contribution in [2.75, 3.05) is 13.7 Å². The number of fused-ring (bicyclic) bond motifs is 1. The lowest BCUT2D eigenvalue weighted by molar-refractivity contribution is -0.153. The summed E-state index contributed by atoms with van der Waals surface area (Å²) in [6, 6.07) is 6.53. The Kier molecular flexibility index (Phi) is 4.35. The van der Waals surface area contributed by atoms with Crippen molar-refractivity contribution in [3.8, 4) is 11.5 Å². The van der Waals surface area contributed by atoms with Gasteiger partial charge in [-0.05, 0) is 32.0 Å². The number of cyclic esters (lactones) is 1. The van der Waals surface area contributed by atoms with E-state index in [1.165, 1.54) is 20.1 Å². The van der Waals surface area contributed by atoms with Gasteiger partial charge in [0.25, 0.3) is 0 Å². The monoisotopic (exact) mass is 390 g/mol. The van der Waals surface area contributed by atoms with Gasteiger partial charge in [0.15, 0.2) is 16.9 Å². The fourth-order valence-electron chi connectivity index (χ4n) is 3.65. The molecule has 0 amide bonds. The van der Waals surface area contributed by atoms with Crippen LogP contribution in [0.1, 0.15) is 26.7 Å². The molecule has 0 bridgehead atoms. The zero-order valence-corrected chi connectivity index (χ0v) is 15.9. The summed E-state index contributed by atoms with van der Waals surface area (Å²) in [4.78, 5) is 23.1. The number of hydrogen-bond acceptors (Lipinski definition) is 8. The number of benzene rings is 1. The van der Waals surface area contributed by atoms with Gasteiger partial charge in [0.1, 0.15) is 18.8 Å². The van der Waals surface area contributed by atoms with Crippen LogP contribution in [0.2, 0.25) is 0 Å². The number of esters is 1. The molecule has 8 heteroatoms. The number of carbonyl (C=O) groups is 1. The second-order valence-electron chi connectivity index (χ2n) is 7.71. The summed E-state index contributed by atoms with van der Waals surface area (Å²) in [5, 5.41) is 10.7. The maximum atomic E-state index is 11.6. The predicted molar refractivity (Wildman–Crippen MR) is 97.5 cm³/mol. The van der Waals surface area contributed by atoms with Crippen molar-refractivity contribution >= 4 is 16.9 Å². The predicted octanol–water partition coefficient (Wildman–Crippen LogP) is 1.79. The number of epoxide rings is 1. The Morgan fingerprint density at radius 1 is 1.21 bits per heavy atom. The second kappa shape index (κ2) is 6.49. The van der Waals surface area contributed by atoms with Crippen LogP contribution in [0.3, 0.4) is 0 Å². The fourth-order valence-corrected chi connectivity index (χ4v) is 3.65. The highest BCUT2D eigenvalue weighted by molar-refractivity contribution is 5.85. The van der Waals surface area contributed by atoms with Crippen LogP contribution in [-0.4, -0.2) is 48.2 Å². The van der Waals surface area contributed by atoms with E-state index in [1.54, 1.807) is 18.2 Å². The lowest BCUT2D eigenvalue weighted by Crippen LogP contribution is -2.29. The lowest BCUT2D eigenvalue weighted by Gasteiger charge is -2.14. The molecule has 3 heterocycles. The first-order valence-corrected chi connectivity index (χ1v) is 9.07. The van der Waals surface area contributed by atoms with E-state index < -0.39 is 22.8 Å². The zero-order valence-electron chi connectivity index (χ0n) is 15.9. The Bertz CT molecular complexity index is 978. The Morgan fingerprint density at radius 2 is 1.96 bits per heavy atom. The van der Waals surface area contributed by atoms with E-state index in [1.807, 2.05) is 6.92 Å². The molecule has 0 aliphatic carbocycles. The Hall–Kier alpha value is -2.58. The van der Waals surface area contributed by atoms with E-state index in [-0.39, 0.29) is 25.2 Å². The summed E-state index contributed by atoms with van der Waals surface area (Å²) in [6.07, 6.45) is 0.143. The van der Waals surface area contributed by atoms with Gasteiger partial charge in [0, 0.05) is 24.3 Å². The molecule has 150 valence electrons. The molecule has 4 atom stereocenters. The van der Waals surface area contributed by atoms with Gasteiger partial charge in [0.05, 0.1) is 12.7 Å². The molecule has 0 unspecified atom stereocenters. The number of methoxy groups -OCH3 is 1. The van der Waals surface area contributed by atoms with Gasteiger partial charge in [-0.1, -0.05) is 0 Å². The summed E-state index contributed by atoms with van der Waals surface area (Å²) in [6.45, 7) is 3.63. The lowest BCUT2D eigenvalue weighted by atomic mass is 9.94. The highest BCUT2D eigenvalue weighted by Gasteiger charge is 2.56. The van der Waals surface area contributed by atoms with Crippen molar-refractivity contribution < 1.29 is 33.3 Å². The summed E-state index contributed by atoms with van der Waals surface area (Å²) < 4.78 is 27.5. The van der Waals surface area contributed by atoms with Crippen molar-refractivity contribution in [1.82, 2.24) is 0 Å². The average Bonchev–Trinajstić information content (AvgIpc) is 3.19. The molecule has 0 saturated carbocycles. The van der Waals surface area contributed by atoms with Crippen LogP contribution in [-0.2, 0) is 14.3 Å². The van der Waals surface area contributed by atoms with Gasteiger partial charge in [-0.25, -0.2) is 9.59 Å². The summed E-state index contributed by atoms with van der Waals surface area (Å²) in [7, 11) is 1.48. The molecular formula is C20H22O8. The number of carbonyl (C=O) groups excluding carboxylic acids is 1. The van der Waals surface area contributed by atoms with Crippen molar-refractivity contribution in [1.29, 1.82) is 0 Å². The molecule has 2 saturated heterocycles. The quantitative estimate of drug-likeness (QED) is 0.452. The zero-order chi connectivity index (χ0) is 20.1. The maximum Gasteiger partial charge on any atom is 0.338 e. The van der Waals surface area contributed by atoms with Crippen molar-refractivity contribution in [3.63, 3.8) is 0 Å². The van der Waals surface area contributed by atoms with Gasteiger partial charge < -0.3 is 28.5 Å². The standard InChI is InChI=1S/C20H22O8/c1-19(23)8-12(26-18(19)22)9-20(2)14(28-20)10-25-13-6-4-11-5-7-15(21)27-16(11)17(13)24-3/h4-7,12,14,23H,8-10H2,1-3H3/t12-,14+,19+,20+/m1/s1. The minimum absolute atomic E-state index is 0.195. The SMILES string of the molecule is COc1c(OC[C@@H]2O[C@@]2(C)C[C@H]2C[C@](C)(O)C(=O)O2)ccc2ccc(=O)oc12. The molecule has 1 N–H and O–H groups in total. The topological polar surface area (TPSA) is 108 Å². The van der Waals surface area contributed by atoms with Gasteiger partial charge in [-0.15, -0.1) is 0 Å². The van der Waals surface area contributed by atoms with Crippen LogP contribution in [0.15, 0.2) is 33.5 Å². The summed E-state index contributed by atoms with van der Waals surface area (Å²) >= 11 is 0. The average molecular weight is 390 g/mol. The first kappa shape index (κ1) is 18.8. The van der Waals surface area contributed by atoms with Gasteiger partial charge in [0.2, 0.25) is 5.75 Å². The van der Waals surface area contributed by atoms with Crippen molar-refractivity contribution in [2.45, 2.75) is 50.1 Å². The molecule has 4 rings (SSSR count). The van der Waals surface area contributed by atoms with Gasteiger partial charge in [-0.2, -0.15) is 0 Å². The largest absolute Gasteiger partial charge is 0.490 e. The van der Waals surface area contributed by atoms with Gasteiger partial charge >= 0.3 is 11.6 Å². The van der Waals surface area contributed by atoms with Gasteiger partial charge in [-0.3, -0.25) is 0 Å². The number of rotatable bonds is 6. The minimum atomic E-state index is -1.44. The van der Waals surface area contributed by atoms with Crippen LogP contribution in [0.5, 0.6) is 11.5 Å².